The zero-order valence-corrected chi connectivity index (χ0v) is 12.4. The van der Waals surface area contributed by atoms with Gasteiger partial charge in [-0.25, -0.2) is 0 Å². The van der Waals surface area contributed by atoms with E-state index in [4.69, 9.17) is 0 Å². The molecule has 0 bridgehead atoms. The van der Waals surface area contributed by atoms with Crippen molar-refractivity contribution in [2.24, 2.45) is 0 Å². The largest absolute Gasteiger partial charge is 0.416 e. The number of likely N-dealkylation sites (tertiary alicyclic amines) is 1. The third kappa shape index (κ3) is 3.95. The Bertz CT molecular complexity index is 561. The van der Waals surface area contributed by atoms with Gasteiger partial charge in [-0.3, -0.25) is 15.0 Å². The topological polar surface area (TPSA) is 49.6 Å². The minimum atomic E-state index is -4.59. The number of halogens is 3. The van der Waals surface area contributed by atoms with E-state index >= 15 is 0 Å². The highest BCUT2D eigenvalue weighted by Crippen LogP contribution is 2.33. The minimum absolute atomic E-state index is 0.287. The van der Waals surface area contributed by atoms with Gasteiger partial charge in [-0.05, 0) is 32.1 Å². The van der Waals surface area contributed by atoms with Crippen molar-refractivity contribution in [3.8, 4) is 0 Å². The number of nitro groups is 1. The van der Waals surface area contributed by atoms with Gasteiger partial charge in [0.1, 0.15) is 0 Å². The molecule has 1 heterocycles. The first-order chi connectivity index (χ1) is 10.2. The molecule has 1 aromatic carbocycles. The van der Waals surface area contributed by atoms with Gasteiger partial charge >= 0.3 is 6.18 Å². The van der Waals surface area contributed by atoms with Crippen molar-refractivity contribution in [3.05, 3.63) is 39.4 Å². The fourth-order valence-corrected chi connectivity index (χ4v) is 2.67. The van der Waals surface area contributed by atoms with Crippen LogP contribution in [0.1, 0.15) is 17.5 Å². The van der Waals surface area contributed by atoms with Crippen molar-refractivity contribution in [3.63, 3.8) is 0 Å². The molecule has 1 fully saturated rings. The molecule has 2 rings (SSSR count). The smallest absolute Gasteiger partial charge is 0.305 e. The maximum Gasteiger partial charge on any atom is 0.416 e. The summed E-state index contributed by atoms with van der Waals surface area (Å²) >= 11 is 0. The minimum Gasteiger partial charge on any atom is -0.305 e. The third-order valence-electron chi connectivity index (χ3n) is 3.90. The lowest BCUT2D eigenvalue weighted by Crippen LogP contribution is -2.31. The molecular weight excluding hydrogens is 299 g/mol. The molecule has 5 nitrogen and oxygen atoms in total. The number of hydrogen-bond donors (Lipinski definition) is 0. The lowest BCUT2D eigenvalue weighted by Gasteiger charge is -2.20. The Morgan fingerprint density at radius 2 is 2.05 bits per heavy atom. The lowest BCUT2D eigenvalue weighted by molar-refractivity contribution is -0.385. The Kier molecular flexibility index (Phi) is 4.72. The number of likely N-dealkylation sites (N-methyl/N-ethyl adjacent to an activating group) is 1. The summed E-state index contributed by atoms with van der Waals surface area (Å²) in [7, 11) is 3.92. The normalized spacial score (nSPS) is 19.8. The molecule has 0 amide bonds. The van der Waals surface area contributed by atoms with E-state index in [-0.39, 0.29) is 6.54 Å². The van der Waals surface area contributed by atoms with Gasteiger partial charge in [0.2, 0.25) is 0 Å². The van der Waals surface area contributed by atoms with Gasteiger partial charge in [-0.15, -0.1) is 0 Å². The van der Waals surface area contributed by atoms with Gasteiger partial charge in [-0.2, -0.15) is 13.2 Å². The molecular formula is C14H18F3N3O2. The first-order valence-corrected chi connectivity index (χ1v) is 6.91. The number of nitro benzene ring substituents is 1. The van der Waals surface area contributed by atoms with Gasteiger partial charge < -0.3 is 4.90 Å². The van der Waals surface area contributed by atoms with Gasteiger partial charge in [0, 0.05) is 37.8 Å². The SMILES string of the molecule is CN(C)[C@@H]1CCN(Cc2cc([N+](=O)[O-])cc(C(F)(F)F)c2)C1. The van der Waals surface area contributed by atoms with Gasteiger partial charge in [0.15, 0.2) is 0 Å². The van der Waals surface area contributed by atoms with Crippen LogP contribution in [0.2, 0.25) is 0 Å². The van der Waals surface area contributed by atoms with Crippen LogP contribution in [0.5, 0.6) is 0 Å². The highest BCUT2D eigenvalue weighted by molar-refractivity contribution is 5.40. The number of alkyl halides is 3. The quantitative estimate of drug-likeness (QED) is 0.633. The maximum atomic E-state index is 12.8. The van der Waals surface area contributed by atoms with Crippen LogP contribution in [0, 0.1) is 10.1 Å². The summed E-state index contributed by atoms with van der Waals surface area (Å²) in [6.45, 7) is 1.80. The maximum absolute atomic E-state index is 12.8. The van der Waals surface area contributed by atoms with Crippen molar-refractivity contribution < 1.29 is 18.1 Å². The summed E-state index contributed by atoms with van der Waals surface area (Å²) in [5, 5.41) is 10.8. The summed E-state index contributed by atoms with van der Waals surface area (Å²) in [6, 6.07) is 3.16. The number of hydrogen-bond acceptors (Lipinski definition) is 4. The molecule has 1 saturated heterocycles. The summed E-state index contributed by atoms with van der Waals surface area (Å²) in [5.41, 5.74) is -1.17. The number of nitrogens with zero attached hydrogens (tertiary/aromatic N) is 3. The molecule has 1 aliphatic rings. The van der Waals surface area contributed by atoms with Crippen LogP contribution in [-0.2, 0) is 12.7 Å². The van der Waals surface area contributed by atoms with Gasteiger partial charge in [0.05, 0.1) is 10.5 Å². The van der Waals surface area contributed by atoms with E-state index in [9.17, 15) is 23.3 Å². The number of non-ortho nitro benzene ring substituents is 1. The van der Waals surface area contributed by atoms with Crippen LogP contribution in [-0.4, -0.2) is 47.9 Å². The molecule has 0 radical (unpaired) electrons. The zero-order valence-electron chi connectivity index (χ0n) is 12.4. The van der Waals surface area contributed by atoms with Crippen LogP contribution in [0.25, 0.3) is 0 Å². The molecule has 1 aromatic rings. The van der Waals surface area contributed by atoms with E-state index in [0.29, 0.717) is 17.7 Å². The van der Waals surface area contributed by atoms with Crippen LogP contribution in [0.15, 0.2) is 18.2 Å². The van der Waals surface area contributed by atoms with E-state index in [2.05, 4.69) is 4.90 Å². The standard InChI is InChI=1S/C14H18F3N3O2/c1-18(2)12-3-4-19(9-12)8-10-5-11(14(15,16)17)7-13(6-10)20(21)22/h5-7,12H,3-4,8-9H2,1-2H3/t12-/m1/s1. The molecule has 0 spiro atoms. The average molecular weight is 317 g/mol. The Balaban J connectivity index is 2.20. The first kappa shape index (κ1) is 16.7. The molecule has 0 aromatic heterocycles. The molecule has 22 heavy (non-hydrogen) atoms. The molecule has 122 valence electrons. The van der Waals surface area contributed by atoms with Crippen LogP contribution in [0.3, 0.4) is 0 Å². The van der Waals surface area contributed by atoms with E-state index < -0.39 is 22.4 Å². The van der Waals surface area contributed by atoms with Crippen LogP contribution in [0.4, 0.5) is 18.9 Å². The second-order valence-electron chi connectivity index (χ2n) is 5.78. The zero-order chi connectivity index (χ0) is 16.5. The van der Waals surface area contributed by atoms with E-state index in [1.807, 2.05) is 19.0 Å². The summed E-state index contributed by atoms with van der Waals surface area (Å²) in [4.78, 5) is 14.1. The summed E-state index contributed by atoms with van der Waals surface area (Å²) in [5.74, 6) is 0. The average Bonchev–Trinajstić information content (AvgIpc) is 2.86. The van der Waals surface area contributed by atoms with Crippen molar-refractivity contribution in [2.45, 2.75) is 25.2 Å². The van der Waals surface area contributed by atoms with Crippen LogP contribution < -0.4 is 0 Å². The van der Waals surface area contributed by atoms with Crippen LogP contribution >= 0.6 is 0 Å². The highest BCUT2D eigenvalue weighted by atomic mass is 19.4. The predicted molar refractivity (Wildman–Crippen MR) is 75.5 cm³/mol. The van der Waals surface area contributed by atoms with Crippen molar-refractivity contribution >= 4 is 5.69 Å². The number of rotatable bonds is 4. The monoisotopic (exact) mass is 317 g/mol. The summed E-state index contributed by atoms with van der Waals surface area (Å²) < 4.78 is 38.5. The Morgan fingerprint density at radius 3 is 2.55 bits per heavy atom. The Morgan fingerprint density at radius 1 is 1.36 bits per heavy atom. The first-order valence-electron chi connectivity index (χ1n) is 6.91. The molecule has 0 aliphatic carbocycles. The summed E-state index contributed by atoms with van der Waals surface area (Å²) in [6.07, 6.45) is -3.65. The highest BCUT2D eigenvalue weighted by Gasteiger charge is 2.33. The predicted octanol–water partition coefficient (Wildman–Crippen LogP) is 2.75. The van der Waals surface area contributed by atoms with E-state index in [1.165, 1.54) is 6.07 Å². The second kappa shape index (κ2) is 6.21. The van der Waals surface area contributed by atoms with Crippen molar-refractivity contribution in [1.82, 2.24) is 9.80 Å². The Labute approximate surface area is 126 Å². The molecule has 1 aliphatic heterocycles. The number of benzene rings is 1. The molecule has 0 saturated carbocycles. The van der Waals surface area contributed by atoms with Crippen molar-refractivity contribution in [2.75, 3.05) is 27.2 Å². The van der Waals surface area contributed by atoms with Gasteiger partial charge in [0.25, 0.3) is 5.69 Å². The van der Waals surface area contributed by atoms with Gasteiger partial charge in [-0.1, -0.05) is 0 Å². The molecule has 8 heteroatoms. The molecule has 0 unspecified atom stereocenters. The molecule has 0 N–H and O–H groups in total. The van der Waals surface area contributed by atoms with Crippen molar-refractivity contribution in [1.29, 1.82) is 0 Å². The van der Waals surface area contributed by atoms with E-state index in [0.717, 1.165) is 25.6 Å². The molecule has 1 atom stereocenters. The second-order valence-corrected chi connectivity index (χ2v) is 5.78. The fraction of sp³-hybridized carbons (Fsp3) is 0.571. The Hall–Kier alpha value is -1.67. The van der Waals surface area contributed by atoms with E-state index in [1.54, 1.807) is 0 Å². The third-order valence-corrected chi connectivity index (χ3v) is 3.90. The fourth-order valence-electron chi connectivity index (χ4n) is 2.67. The lowest BCUT2D eigenvalue weighted by atomic mass is 10.1.